The first-order valence-electron chi connectivity index (χ1n) is 6.30. The third-order valence-corrected chi connectivity index (χ3v) is 3.84. The summed E-state index contributed by atoms with van der Waals surface area (Å²) in [5, 5.41) is 11.6. The Morgan fingerprint density at radius 3 is 2.63 bits per heavy atom. The first-order valence-corrected chi connectivity index (χ1v) is 7.38. The van der Waals surface area contributed by atoms with Crippen LogP contribution >= 0.6 is 22.6 Å². The van der Waals surface area contributed by atoms with Crippen molar-refractivity contribution in [1.29, 1.82) is 0 Å². The molecule has 19 heavy (non-hydrogen) atoms. The Kier molecular flexibility index (Phi) is 6.83. The van der Waals surface area contributed by atoms with Gasteiger partial charge in [0.05, 0.1) is 6.42 Å². The molecule has 1 unspecified atom stereocenters. The van der Waals surface area contributed by atoms with E-state index in [9.17, 15) is 9.59 Å². The Morgan fingerprint density at radius 2 is 2.05 bits per heavy atom. The van der Waals surface area contributed by atoms with Gasteiger partial charge in [-0.2, -0.15) is 0 Å². The standard InChI is InChI=1S/C14H18INO3/c1-2-3-8-12(14(18)19)16-13(17)9-10-6-4-5-7-11(10)15/h4-7,12H,2-3,8-9H2,1H3,(H,16,17)(H,18,19). The molecule has 1 amide bonds. The van der Waals surface area contributed by atoms with Crippen molar-refractivity contribution in [3.05, 3.63) is 33.4 Å². The van der Waals surface area contributed by atoms with Gasteiger partial charge in [-0.15, -0.1) is 0 Å². The number of carbonyl (C=O) groups excluding carboxylic acids is 1. The maximum Gasteiger partial charge on any atom is 0.326 e. The van der Waals surface area contributed by atoms with Gasteiger partial charge in [0.2, 0.25) is 5.91 Å². The van der Waals surface area contributed by atoms with E-state index in [4.69, 9.17) is 5.11 Å². The summed E-state index contributed by atoms with van der Waals surface area (Å²) in [5.41, 5.74) is 0.917. The molecule has 1 aromatic rings. The summed E-state index contributed by atoms with van der Waals surface area (Å²) in [5.74, 6) is -1.21. The van der Waals surface area contributed by atoms with Gasteiger partial charge in [-0.25, -0.2) is 4.79 Å². The van der Waals surface area contributed by atoms with Crippen LogP contribution in [0.25, 0.3) is 0 Å². The maximum atomic E-state index is 11.9. The zero-order chi connectivity index (χ0) is 14.3. The van der Waals surface area contributed by atoms with E-state index in [0.29, 0.717) is 6.42 Å². The lowest BCUT2D eigenvalue weighted by Gasteiger charge is -2.14. The lowest BCUT2D eigenvalue weighted by Crippen LogP contribution is -2.41. The summed E-state index contributed by atoms with van der Waals surface area (Å²) in [6.45, 7) is 1.99. The number of amides is 1. The van der Waals surface area contributed by atoms with Crippen molar-refractivity contribution >= 4 is 34.5 Å². The number of rotatable bonds is 7. The van der Waals surface area contributed by atoms with E-state index < -0.39 is 12.0 Å². The molecular formula is C14H18INO3. The average Bonchev–Trinajstić information content (AvgIpc) is 2.37. The van der Waals surface area contributed by atoms with E-state index in [0.717, 1.165) is 22.0 Å². The minimum absolute atomic E-state index is 0.217. The number of hydrogen-bond acceptors (Lipinski definition) is 2. The van der Waals surface area contributed by atoms with Crippen molar-refractivity contribution in [1.82, 2.24) is 5.32 Å². The first-order chi connectivity index (χ1) is 9.04. The van der Waals surface area contributed by atoms with Crippen molar-refractivity contribution in [2.24, 2.45) is 0 Å². The number of carboxylic acids is 1. The van der Waals surface area contributed by atoms with Crippen molar-refractivity contribution in [3.63, 3.8) is 0 Å². The highest BCUT2D eigenvalue weighted by Crippen LogP contribution is 2.12. The highest BCUT2D eigenvalue weighted by atomic mass is 127. The number of halogens is 1. The molecule has 4 nitrogen and oxygen atoms in total. The minimum Gasteiger partial charge on any atom is -0.480 e. The molecule has 0 fully saturated rings. The summed E-state index contributed by atoms with van der Waals surface area (Å²) in [6.07, 6.45) is 2.40. The second-order valence-electron chi connectivity index (χ2n) is 4.37. The molecule has 0 radical (unpaired) electrons. The van der Waals surface area contributed by atoms with Crippen LogP contribution in [0, 0.1) is 3.57 Å². The summed E-state index contributed by atoms with van der Waals surface area (Å²) in [6, 6.07) is 6.80. The quantitative estimate of drug-likeness (QED) is 0.720. The third kappa shape index (κ3) is 5.59. The fourth-order valence-corrected chi connectivity index (χ4v) is 2.30. The lowest BCUT2D eigenvalue weighted by molar-refractivity contribution is -0.142. The first kappa shape index (κ1) is 15.9. The van der Waals surface area contributed by atoms with Gasteiger partial charge in [0.15, 0.2) is 0 Å². The summed E-state index contributed by atoms with van der Waals surface area (Å²) < 4.78 is 1.01. The topological polar surface area (TPSA) is 66.4 Å². The molecule has 0 heterocycles. The molecular weight excluding hydrogens is 357 g/mol. The SMILES string of the molecule is CCCCC(NC(=O)Cc1ccccc1I)C(=O)O. The van der Waals surface area contributed by atoms with Crippen LogP contribution in [-0.2, 0) is 16.0 Å². The summed E-state index contributed by atoms with van der Waals surface area (Å²) in [4.78, 5) is 22.9. The van der Waals surface area contributed by atoms with Gasteiger partial charge in [0, 0.05) is 3.57 Å². The second-order valence-corrected chi connectivity index (χ2v) is 5.53. The van der Waals surface area contributed by atoms with Gasteiger partial charge < -0.3 is 10.4 Å². The Labute approximate surface area is 126 Å². The van der Waals surface area contributed by atoms with Crippen LogP contribution in [-0.4, -0.2) is 23.0 Å². The fourth-order valence-electron chi connectivity index (χ4n) is 1.73. The highest BCUT2D eigenvalue weighted by molar-refractivity contribution is 14.1. The molecule has 1 rings (SSSR count). The molecule has 0 aliphatic heterocycles. The van der Waals surface area contributed by atoms with E-state index >= 15 is 0 Å². The number of carbonyl (C=O) groups is 2. The second kappa shape index (κ2) is 8.14. The van der Waals surface area contributed by atoms with Crippen LogP contribution in [0.4, 0.5) is 0 Å². The number of unbranched alkanes of at least 4 members (excludes halogenated alkanes) is 1. The van der Waals surface area contributed by atoms with Crippen LogP contribution in [0.2, 0.25) is 0 Å². The van der Waals surface area contributed by atoms with Gasteiger partial charge in [0.25, 0.3) is 0 Å². The Balaban J connectivity index is 2.58. The van der Waals surface area contributed by atoms with Gasteiger partial charge >= 0.3 is 5.97 Å². The molecule has 0 aromatic heterocycles. The smallest absolute Gasteiger partial charge is 0.326 e. The normalized spacial score (nSPS) is 11.9. The molecule has 0 saturated carbocycles. The van der Waals surface area contributed by atoms with Crippen LogP contribution < -0.4 is 5.32 Å². The highest BCUT2D eigenvalue weighted by Gasteiger charge is 2.19. The molecule has 104 valence electrons. The van der Waals surface area contributed by atoms with Gasteiger partial charge in [-0.3, -0.25) is 4.79 Å². The number of hydrogen-bond donors (Lipinski definition) is 2. The summed E-state index contributed by atoms with van der Waals surface area (Å²) >= 11 is 2.17. The Hall–Kier alpha value is -1.11. The number of nitrogens with one attached hydrogen (secondary N) is 1. The predicted octanol–water partition coefficient (Wildman–Crippen LogP) is 2.59. The Morgan fingerprint density at radius 1 is 1.37 bits per heavy atom. The van der Waals surface area contributed by atoms with Gasteiger partial charge in [-0.05, 0) is 40.6 Å². The molecule has 2 N–H and O–H groups in total. The van der Waals surface area contributed by atoms with Crippen LogP contribution in [0.15, 0.2) is 24.3 Å². The van der Waals surface area contributed by atoms with E-state index in [1.54, 1.807) is 0 Å². The monoisotopic (exact) mass is 375 g/mol. The zero-order valence-corrected chi connectivity index (χ0v) is 13.0. The molecule has 0 spiro atoms. The molecule has 5 heteroatoms. The number of benzene rings is 1. The zero-order valence-electron chi connectivity index (χ0n) is 10.9. The van der Waals surface area contributed by atoms with E-state index in [1.807, 2.05) is 31.2 Å². The van der Waals surface area contributed by atoms with Crippen LogP contribution in [0.1, 0.15) is 31.7 Å². The molecule has 0 saturated heterocycles. The van der Waals surface area contributed by atoms with E-state index in [-0.39, 0.29) is 12.3 Å². The van der Waals surface area contributed by atoms with Crippen molar-refractivity contribution in [2.45, 2.75) is 38.6 Å². The van der Waals surface area contributed by atoms with Crippen LogP contribution in [0.5, 0.6) is 0 Å². The van der Waals surface area contributed by atoms with Crippen molar-refractivity contribution in [3.8, 4) is 0 Å². The Bertz CT molecular complexity index is 448. The number of aliphatic carboxylic acids is 1. The number of carboxylic acid groups (broad SMARTS) is 1. The third-order valence-electron chi connectivity index (χ3n) is 2.79. The minimum atomic E-state index is -0.968. The van der Waals surface area contributed by atoms with Crippen molar-refractivity contribution < 1.29 is 14.7 Å². The maximum absolute atomic E-state index is 11.9. The van der Waals surface area contributed by atoms with E-state index in [2.05, 4.69) is 27.9 Å². The molecule has 0 bridgehead atoms. The molecule has 0 aliphatic rings. The van der Waals surface area contributed by atoms with Crippen molar-refractivity contribution in [2.75, 3.05) is 0 Å². The van der Waals surface area contributed by atoms with E-state index in [1.165, 1.54) is 0 Å². The fraction of sp³-hybridized carbons (Fsp3) is 0.429. The van der Waals surface area contributed by atoms with Gasteiger partial charge in [0.1, 0.15) is 6.04 Å². The largest absolute Gasteiger partial charge is 0.480 e. The molecule has 0 aliphatic carbocycles. The predicted molar refractivity (Wildman–Crippen MR) is 82.0 cm³/mol. The van der Waals surface area contributed by atoms with Crippen LogP contribution in [0.3, 0.4) is 0 Å². The summed E-state index contributed by atoms with van der Waals surface area (Å²) in [7, 11) is 0. The average molecular weight is 375 g/mol. The van der Waals surface area contributed by atoms with Gasteiger partial charge in [-0.1, -0.05) is 38.0 Å². The molecule has 1 aromatic carbocycles. The lowest BCUT2D eigenvalue weighted by atomic mass is 10.1. The molecule has 1 atom stereocenters.